The molecule has 0 saturated carbocycles. The predicted molar refractivity (Wildman–Crippen MR) is 72.7 cm³/mol. The standard InChI is InChI=1S/C16H13NO3/c18-15-14(13-9-5-2-6-10-13)20-16(19)17(15)11-12-7-3-1-4-8-12/h1-10,14H,11H2/t14-/m0/s1. The molecule has 20 heavy (non-hydrogen) atoms. The first-order valence-corrected chi connectivity index (χ1v) is 6.36. The molecular formula is C16H13NO3. The number of amides is 2. The van der Waals surface area contributed by atoms with Crippen molar-refractivity contribution in [3.8, 4) is 0 Å². The van der Waals surface area contributed by atoms with Gasteiger partial charge in [-0.1, -0.05) is 60.7 Å². The second-order valence-corrected chi connectivity index (χ2v) is 4.58. The van der Waals surface area contributed by atoms with Crippen LogP contribution in [0.3, 0.4) is 0 Å². The number of hydrogen-bond acceptors (Lipinski definition) is 3. The lowest BCUT2D eigenvalue weighted by Gasteiger charge is -2.11. The number of carbonyl (C=O) groups is 2. The van der Waals surface area contributed by atoms with Crippen molar-refractivity contribution in [2.75, 3.05) is 0 Å². The second kappa shape index (κ2) is 5.17. The van der Waals surface area contributed by atoms with E-state index in [-0.39, 0.29) is 12.5 Å². The summed E-state index contributed by atoms with van der Waals surface area (Å²) in [4.78, 5) is 25.3. The zero-order chi connectivity index (χ0) is 13.9. The monoisotopic (exact) mass is 267 g/mol. The molecule has 0 N–H and O–H groups in total. The summed E-state index contributed by atoms with van der Waals surface area (Å²) >= 11 is 0. The Morgan fingerprint density at radius 2 is 1.50 bits per heavy atom. The molecular weight excluding hydrogens is 254 g/mol. The molecule has 4 heteroatoms. The number of imide groups is 1. The Bertz CT molecular complexity index is 625. The second-order valence-electron chi connectivity index (χ2n) is 4.58. The zero-order valence-electron chi connectivity index (χ0n) is 10.7. The number of cyclic esters (lactones) is 1. The van der Waals surface area contributed by atoms with Crippen LogP contribution in [0.25, 0.3) is 0 Å². The van der Waals surface area contributed by atoms with Crippen molar-refractivity contribution in [2.24, 2.45) is 0 Å². The summed E-state index contributed by atoms with van der Waals surface area (Å²) in [5.74, 6) is -0.315. The quantitative estimate of drug-likeness (QED) is 0.859. The van der Waals surface area contributed by atoms with E-state index in [0.29, 0.717) is 5.56 Å². The fraction of sp³-hybridized carbons (Fsp3) is 0.125. The summed E-state index contributed by atoms with van der Waals surface area (Å²) in [7, 11) is 0. The number of nitrogens with zero attached hydrogens (tertiary/aromatic N) is 1. The molecule has 1 atom stereocenters. The maximum Gasteiger partial charge on any atom is 0.418 e. The molecule has 3 rings (SSSR count). The van der Waals surface area contributed by atoms with Gasteiger partial charge in [0.25, 0.3) is 5.91 Å². The van der Waals surface area contributed by atoms with Crippen molar-refractivity contribution in [2.45, 2.75) is 12.6 Å². The zero-order valence-corrected chi connectivity index (χ0v) is 10.7. The van der Waals surface area contributed by atoms with Crippen molar-refractivity contribution in [1.29, 1.82) is 0 Å². The number of hydrogen-bond donors (Lipinski definition) is 0. The van der Waals surface area contributed by atoms with E-state index in [9.17, 15) is 9.59 Å². The maximum absolute atomic E-state index is 12.3. The number of carbonyl (C=O) groups excluding carboxylic acids is 2. The topological polar surface area (TPSA) is 46.6 Å². The van der Waals surface area contributed by atoms with Crippen LogP contribution in [-0.4, -0.2) is 16.9 Å². The van der Waals surface area contributed by atoms with Gasteiger partial charge in [-0.25, -0.2) is 9.69 Å². The van der Waals surface area contributed by atoms with Gasteiger partial charge in [-0.15, -0.1) is 0 Å². The third-order valence-corrected chi connectivity index (χ3v) is 3.22. The summed E-state index contributed by atoms with van der Waals surface area (Å²) in [5.41, 5.74) is 1.59. The van der Waals surface area contributed by atoms with Crippen LogP contribution in [-0.2, 0) is 16.1 Å². The van der Waals surface area contributed by atoms with Crippen molar-refractivity contribution in [1.82, 2.24) is 4.90 Å². The van der Waals surface area contributed by atoms with Gasteiger partial charge < -0.3 is 4.74 Å². The third-order valence-electron chi connectivity index (χ3n) is 3.22. The van der Waals surface area contributed by atoms with E-state index in [0.717, 1.165) is 10.5 Å². The smallest absolute Gasteiger partial charge is 0.418 e. The summed E-state index contributed by atoms with van der Waals surface area (Å²) < 4.78 is 5.18. The molecule has 1 heterocycles. The molecule has 100 valence electrons. The molecule has 1 aliphatic heterocycles. The summed E-state index contributed by atoms with van der Waals surface area (Å²) in [6.07, 6.45) is -1.42. The normalized spacial score (nSPS) is 18.2. The molecule has 0 bridgehead atoms. The largest absolute Gasteiger partial charge is 0.431 e. The molecule has 4 nitrogen and oxygen atoms in total. The lowest BCUT2D eigenvalue weighted by atomic mass is 10.1. The van der Waals surface area contributed by atoms with E-state index in [1.165, 1.54) is 0 Å². The van der Waals surface area contributed by atoms with Crippen LogP contribution in [0.5, 0.6) is 0 Å². The lowest BCUT2D eigenvalue weighted by Crippen LogP contribution is -2.29. The molecule has 2 amide bonds. The molecule has 1 fully saturated rings. The SMILES string of the molecule is O=C1O[C@@H](c2ccccc2)C(=O)N1Cc1ccccc1. The Hall–Kier alpha value is -2.62. The number of benzene rings is 2. The van der Waals surface area contributed by atoms with Crippen LogP contribution >= 0.6 is 0 Å². The third kappa shape index (κ3) is 2.28. The Balaban J connectivity index is 1.81. The minimum atomic E-state index is -0.826. The first kappa shape index (κ1) is 12.4. The van der Waals surface area contributed by atoms with E-state index in [4.69, 9.17) is 4.74 Å². The fourth-order valence-corrected chi connectivity index (χ4v) is 2.19. The molecule has 0 aromatic heterocycles. The van der Waals surface area contributed by atoms with Crippen molar-refractivity contribution in [3.05, 3.63) is 71.8 Å². The van der Waals surface area contributed by atoms with E-state index < -0.39 is 12.2 Å². The Morgan fingerprint density at radius 3 is 2.15 bits per heavy atom. The molecule has 2 aromatic carbocycles. The highest BCUT2D eigenvalue weighted by Gasteiger charge is 2.41. The first-order valence-electron chi connectivity index (χ1n) is 6.36. The van der Waals surface area contributed by atoms with E-state index in [1.807, 2.05) is 48.5 Å². The lowest BCUT2D eigenvalue weighted by molar-refractivity contribution is -0.130. The molecule has 0 spiro atoms. The van der Waals surface area contributed by atoms with Crippen LogP contribution in [0.2, 0.25) is 0 Å². The molecule has 0 radical (unpaired) electrons. The van der Waals surface area contributed by atoms with Gasteiger partial charge in [0.05, 0.1) is 6.54 Å². The van der Waals surface area contributed by atoms with Crippen LogP contribution in [0.15, 0.2) is 60.7 Å². The highest BCUT2D eigenvalue weighted by molar-refractivity contribution is 6.00. The maximum atomic E-state index is 12.3. The van der Waals surface area contributed by atoms with Crippen LogP contribution in [0.1, 0.15) is 17.2 Å². The van der Waals surface area contributed by atoms with Crippen molar-refractivity contribution in [3.63, 3.8) is 0 Å². The fourth-order valence-electron chi connectivity index (χ4n) is 2.19. The van der Waals surface area contributed by atoms with E-state index in [2.05, 4.69) is 0 Å². The summed E-state index contributed by atoms with van der Waals surface area (Å²) in [6.45, 7) is 0.238. The van der Waals surface area contributed by atoms with Gasteiger partial charge in [-0.2, -0.15) is 0 Å². The average molecular weight is 267 g/mol. The van der Waals surface area contributed by atoms with E-state index in [1.54, 1.807) is 12.1 Å². The van der Waals surface area contributed by atoms with Gasteiger partial charge in [0, 0.05) is 5.56 Å². The Kier molecular flexibility index (Phi) is 3.21. The van der Waals surface area contributed by atoms with Gasteiger partial charge in [0.2, 0.25) is 6.10 Å². The number of rotatable bonds is 3. The Morgan fingerprint density at radius 1 is 0.900 bits per heavy atom. The van der Waals surface area contributed by atoms with Gasteiger partial charge in [-0.05, 0) is 5.56 Å². The molecule has 2 aromatic rings. The predicted octanol–water partition coefficient (Wildman–Crippen LogP) is 2.91. The van der Waals surface area contributed by atoms with Crippen LogP contribution in [0, 0.1) is 0 Å². The summed E-state index contributed by atoms with van der Waals surface area (Å²) in [5, 5.41) is 0. The van der Waals surface area contributed by atoms with E-state index >= 15 is 0 Å². The summed E-state index contributed by atoms with van der Waals surface area (Å²) in [6, 6.07) is 18.4. The number of ether oxygens (including phenoxy) is 1. The first-order chi connectivity index (χ1) is 9.75. The molecule has 0 unspecified atom stereocenters. The van der Waals surface area contributed by atoms with Gasteiger partial charge in [-0.3, -0.25) is 4.79 Å². The molecule has 1 saturated heterocycles. The van der Waals surface area contributed by atoms with Crippen molar-refractivity contribution >= 4 is 12.0 Å². The van der Waals surface area contributed by atoms with Gasteiger partial charge in [0.15, 0.2) is 0 Å². The highest BCUT2D eigenvalue weighted by Crippen LogP contribution is 2.28. The van der Waals surface area contributed by atoms with Gasteiger partial charge >= 0.3 is 6.09 Å². The van der Waals surface area contributed by atoms with Crippen LogP contribution < -0.4 is 0 Å². The highest BCUT2D eigenvalue weighted by atomic mass is 16.6. The minimum Gasteiger partial charge on any atom is -0.431 e. The Labute approximate surface area is 116 Å². The van der Waals surface area contributed by atoms with Crippen molar-refractivity contribution < 1.29 is 14.3 Å². The van der Waals surface area contributed by atoms with Crippen LogP contribution in [0.4, 0.5) is 4.79 Å². The average Bonchev–Trinajstić information content (AvgIpc) is 2.77. The van der Waals surface area contributed by atoms with Gasteiger partial charge in [0.1, 0.15) is 0 Å². The molecule has 1 aliphatic rings. The minimum absolute atomic E-state index is 0.238. The molecule has 0 aliphatic carbocycles.